The van der Waals surface area contributed by atoms with Gasteiger partial charge < -0.3 is 10.1 Å². The topological polar surface area (TPSA) is 21.3 Å². The molecule has 1 N–H and O–H groups in total. The summed E-state index contributed by atoms with van der Waals surface area (Å²) in [6.45, 7) is 1.15. The molecule has 0 aliphatic heterocycles. The van der Waals surface area contributed by atoms with Crippen molar-refractivity contribution in [1.29, 1.82) is 0 Å². The highest BCUT2D eigenvalue weighted by molar-refractivity contribution is 9.10. The van der Waals surface area contributed by atoms with Crippen molar-refractivity contribution in [3.63, 3.8) is 0 Å². The molecule has 1 saturated carbocycles. The van der Waals surface area contributed by atoms with Crippen LogP contribution in [0.5, 0.6) is 5.75 Å². The van der Waals surface area contributed by atoms with Crippen LogP contribution in [0.2, 0.25) is 0 Å². The Bertz CT molecular complexity index is 421. The third-order valence-electron chi connectivity index (χ3n) is 4.50. The molecule has 1 aromatic rings. The zero-order valence-corrected chi connectivity index (χ0v) is 14.2. The summed E-state index contributed by atoms with van der Waals surface area (Å²) >= 11 is 3.60. The predicted octanol–water partition coefficient (Wildman–Crippen LogP) is 4.42. The van der Waals surface area contributed by atoms with Gasteiger partial charge in [0.25, 0.3) is 0 Å². The molecule has 3 heteroatoms. The minimum atomic E-state index is 0.810. The third kappa shape index (κ3) is 4.23. The van der Waals surface area contributed by atoms with Crippen LogP contribution in [0.4, 0.5) is 0 Å². The summed E-state index contributed by atoms with van der Waals surface area (Å²) in [5.41, 5.74) is 1.42. The van der Waals surface area contributed by atoms with Gasteiger partial charge in [-0.2, -0.15) is 0 Å². The number of ether oxygens (including phenoxy) is 1. The smallest absolute Gasteiger partial charge is 0.133 e. The van der Waals surface area contributed by atoms with Gasteiger partial charge >= 0.3 is 0 Å². The standard InChI is InChI=1S/C17H26BrNO/c1-19-12-15-7-5-3-4-6-14(15)10-13-8-9-17(20-2)16(18)11-13/h8-9,11,14-15,19H,3-7,10,12H2,1-2H3. The average molecular weight is 340 g/mol. The van der Waals surface area contributed by atoms with Crippen molar-refractivity contribution in [2.45, 2.75) is 38.5 Å². The van der Waals surface area contributed by atoms with E-state index in [9.17, 15) is 0 Å². The van der Waals surface area contributed by atoms with Gasteiger partial charge in [-0.25, -0.2) is 0 Å². The van der Waals surface area contributed by atoms with Crippen molar-refractivity contribution in [1.82, 2.24) is 5.32 Å². The lowest BCUT2D eigenvalue weighted by Crippen LogP contribution is -2.26. The summed E-state index contributed by atoms with van der Waals surface area (Å²) < 4.78 is 6.38. The van der Waals surface area contributed by atoms with E-state index in [-0.39, 0.29) is 0 Å². The molecule has 2 nitrogen and oxygen atoms in total. The van der Waals surface area contributed by atoms with Crippen LogP contribution in [0.3, 0.4) is 0 Å². The van der Waals surface area contributed by atoms with Crippen LogP contribution < -0.4 is 10.1 Å². The van der Waals surface area contributed by atoms with Gasteiger partial charge in [0.05, 0.1) is 11.6 Å². The fourth-order valence-corrected chi connectivity index (χ4v) is 3.99. The van der Waals surface area contributed by atoms with E-state index in [1.165, 1.54) is 44.1 Å². The number of benzene rings is 1. The first-order valence-electron chi connectivity index (χ1n) is 7.71. The van der Waals surface area contributed by atoms with Gasteiger partial charge in [0.15, 0.2) is 0 Å². The number of halogens is 1. The van der Waals surface area contributed by atoms with Crippen molar-refractivity contribution < 1.29 is 4.74 Å². The molecule has 1 aliphatic carbocycles. The molecular weight excluding hydrogens is 314 g/mol. The first-order valence-corrected chi connectivity index (χ1v) is 8.51. The molecular formula is C17H26BrNO. The molecule has 1 aliphatic rings. The molecule has 2 atom stereocenters. The molecule has 0 heterocycles. The maximum absolute atomic E-state index is 5.31. The van der Waals surface area contributed by atoms with Crippen LogP contribution in [-0.4, -0.2) is 20.7 Å². The monoisotopic (exact) mass is 339 g/mol. The number of rotatable bonds is 5. The fraction of sp³-hybridized carbons (Fsp3) is 0.647. The van der Waals surface area contributed by atoms with Gasteiger partial charge in [-0.3, -0.25) is 0 Å². The lowest BCUT2D eigenvalue weighted by molar-refractivity contribution is 0.303. The summed E-state index contributed by atoms with van der Waals surface area (Å²) in [6, 6.07) is 6.51. The van der Waals surface area contributed by atoms with Gasteiger partial charge in [-0.1, -0.05) is 25.3 Å². The molecule has 0 amide bonds. The van der Waals surface area contributed by atoms with Crippen molar-refractivity contribution in [3.8, 4) is 5.75 Å². The van der Waals surface area contributed by atoms with E-state index in [4.69, 9.17) is 4.74 Å². The van der Waals surface area contributed by atoms with Crippen molar-refractivity contribution in [3.05, 3.63) is 28.2 Å². The zero-order chi connectivity index (χ0) is 14.4. The largest absolute Gasteiger partial charge is 0.496 e. The molecule has 0 saturated heterocycles. The quantitative estimate of drug-likeness (QED) is 0.802. The number of hydrogen-bond donors (Lipinski definition) is 1. The summed E-state index contributed by atoms with van der Waals surface area (Å²) in [5, 5.41) is 3.38. The van der Waals surface area contributed by atoms with Crippen LogP contribution in [0.25, 0.3) is 0 Å². The maximum atomic E-state index is 5.31. The van der Waals surface area contributed by atoms with E-state index in [1.807, 2.05) is 0 Å². The highest BCUT2D eigenvalue weighted by Gasteiger charge is 2.23. The molecule has 2 rings (SSSR count). The van der Waals surface area contributed by atoms with E-state index in [0.29, 0.717) is 0 Å². The van der Waals surface area contributed by atoms with Crippen LogP contribution in [-0.2, 0) is 6.42 Å². The second kappa shape index (κ2) is 8.04. The van der Waals surface area contributed by atoms with Gasteiger partial charge in [0.2, 0.25) is 0 Å². The second-order valence-corrected chi connectivity index (χ2v) is 6.74. The van der Waals surface area contributed by atoms with E-state index in [0.717, 1.165) is 28.6 Å². The highest BCUT2D eigenvalue weighted by atomic mass is 79.9. The molecule has 1 fully saturated rings. The molecule has 0 spiro atoms. The van der Waals surface area contributed by atoms with E-state index in [2.05, 4.69) is 46.5 Å². The van der Waals surface area contributed by atoms with Crippen molar-refractivity contribution in [2.24, 2.45) is 11.8 Å². The average Bonchev–Trinajstić information content (AvgIpc) is 2.65. The minimum absolute atomic E-state index is 0.810. The molecule has 0 radical (unpaired) electrons. The number of hydrogen-bond acceptors (Lipinski definition) is 2. The Kier molecular flexibility index (Phi) is 6.37. The molecule has 2 unspecified atom stereocenters. The van der Waals surface area contributed by atoms with E-state index < -0.39 is 0 Å². The van der Waals surface area contributed by atoms with Crippen molar-refractivity contribution in [2.75, 3.05) is 20.7 Å². The van der Waals surface area contributed by atoms with Gasteiger partial charge in [-0.05, 0) is 78.3 Å². The van der Waals surface area contributed by atoms with Crippen LogP contribution >= 0.6 is 15.9 Å². The maximum Gasteiger partial charge on any atom is 0.133 e. The Morgan fingerprint density at radius 1 is 1.20 bits per heavy atom. The van der Waals surface area contributed by atoms with Gasteiger partial charge in [0, 0.05) is 0 Å². The third-order valence-corrected chi connectivity index (χ3v) is 5.12. The summed E-state index contributed by atoms with van der Waals surface area (Å²) in [6.07, 6.45) is 8.13. The SMILES string of the molecule is CNCC1CCCCCC1Cc1ccc(OC)c(Br)c1. The Morgan fingerprint density at radius 2 is 1.95 bits per heavy atom. The molecule has 0 aromatic heterocycles. The first kappa shape index (κ1) is 15.8. The Hall–Kier alpha value is -0.540. The molecule has 1 aromatic carbocycles. The second-order valence-electron chi connectivity index (χ2n) is 5.89. The number of nitrogens with one attached hydrogen (secondary N) is 1. The zero-order valence-electron chi connectivity index (χ0n) is 12.6. The molecule has 112 valence electrons. The highest BCUT2D eigenvalue weighted by Crippen LogP contribution is 2.33. The lowest BCUT2D eigenvalue weighted by atomic mass is 9.83. The Balaban J connectivity index is 2.07. The fourth-order valence-electron chi connectivity index (χ4n) is 3.40. The van der Waals surface area contributed by atoms with Gasteiger partial charge in [0.1, 0.15) is 5.75 Å². The lowest BCUT2D eigenvalue weighted by Gasteiger charge is -2.25. The minimum Gasteiger partial charge on any atom is -0.496 e. The first-order chi connectivity index (χ1) is 9.74. The van der Waals surface area contributed by atoms with Crippen LogP contribution in [0.15, 0.2) is 22.7 Å². The predicted molar refractivity (Wildman–Crippen MR) is 88.4 cm³/mol. The van der Waals surface area contributed by atoms with Gasteiger partial charge in [-0.15, -0.1) is 0 Å². The normalized spacial score (nSPS) is 23.4. The van der Waals surface area contributed by atoms with Crippen molar-refractivity contribution >= 4 is 15.9 Å². The Labute approximate surface area is 131 Å². The number of methoxy groups -OCH3 is 1. The van der Waals surface area contributed by atoms with Crippen LogP contribution in [0, 0.1) is 11.8 Å². The summed E-state index contributed by atoms with van der Waals surface area (Å²) in [4.78, 5) is 0. The summed E-state index contributed by atoms with van der Waals surface area (Å²) in [7, 11) is 3.79. The van der Waals surface area contributed by atoms with Crippen LogP contribution in [0.1, 0.15) is 37.7 Å². The molecule has 20 heavy (non-hydrogen) atoms. The van der Waals surface area contributed by atoms with E-state index in [1.54, 1.807) is 7.11 Å². The Morgan fingerprint density at radius 3 is 2.60 bits per heavy atom. The molecule has 0 bridgehead atoms. The summed E-state index contributed by atoms with van der Waals surface area (Å²) in [5.74, 6) is 2.55. The van der Waals surface area contributed by atoms with E-state index >= 15 is 0 Å².